The Morgan fingerprint density at radius 1 is 0.964 bits per heavy atom. The van der Waals surface area contributed by atoms with Crippen molar-refractivity contribution >= 4 is 29.1 Å². The summed E-state index contributed by atoms with van der Waals surface area (Å²) in [4.78, 5) is 29.0. The lowest BCUT2D eigenvalue weighted by Crippen LogP contribution is -2.37. The number of nitrogens with zero attached hydrogens (tertiary/aromatic N) is 2. The number of hydrogen-bond donors (Lipinski definition) is 0. The molecule has 5 heteroatoms. The topological polar surface area (TPSA) is 40.6 Å². The molecule has 0 unspecified atom stereocenters. The first kappa shape index (κ1) is 18.8. The van der Waals surface area contributed by atoms with Crippen LogP contribution in [0.2, 0.25) is 0 Å². The number of aryl methyl sites for hydroxylation is 1. The second-order valence-corrected chi connectivity index (χ2v) is 7.70. The first-order valence-electron chi connectivity index (χ1n) is 9.79. The second-order valence-electron chi connectivity index (χ2n) is 7.32. The molecule has 2 amide bonds. The van der Waals surface area contributed by atoms with Gasteiger partial charge >= 0.3 is 0 Å². The normalized spacial score (nSPS) is 16.8. The molecule has 0 N–H and O–H groups in total. The smallest absolute Gasteiger partial charge is 0.283 e. The maximum absolute atomic E-state index is 13.1. The van der Waals surface area contributed by atoms with E-state index in [0.717, 1.165) is 25.7 Å². The molecule has 0 spiro atoms. The highest BCUT2D eigenvalue weighted by Gasteiger charge is 2.41. The van der Waals surface area contributed by atoms with Crippen LogP contribution < -0.4 is 4.90 Å². The van der Waals surface area contributed by atoms with Crippen molar-refractivity contribution in [2.75, 3.05) is 11.4 Å². The van der Waals surface area contributed by atoms with Crippen LogP contribution in [0.4, 0.5) is 5.69 Å². The van der Waals surface area contributed by atoms with E-state index in [4.69, 9.17) is 11.6 Å². The molecule has 0 fully saturated rings. The first-order chi connectivity index (χ1) is 13.6. The van der Waals surface area contributed by atoms with Crippen LogP contribution in [-0.2, 0) is 29.0 Å². The molecule has 0 aliphatic carbocycles. The third kappa shape index (κ3) is 3.33. The van der Waals surface area contributed by atoms with Gasteiger partial charge in [-0.1, -0.05) is 61.3 Å². The molecular formula is C23H23ClN2O2. The van der Waals surface area contributed by atoms with Gasteiger partial charge in [0.15, 0.2) is 0 Å². The van der Waals surface area contributed by atoms with Gasteiger partial charge in [0, 0.05) is 13.1 Å². The van der Waals surface area contributed by atoms with Gasteiger partial charge in [-0.3, -0.25) is 9.59 Å². The van der Waals surface area contributed by atoms with Crippen LogP contribution in [0.5, 0.6) is 0 Å². The van der Waals surface area contributed by atoms with Gasteiger partial charge in [-0.05, 0) is 48.1 Å². The van der Waals surface area contributed by atoms with E-state index in [9.17, 15) is 9.59 Å². The highest BCUT2D eigenvalue weighted by molar-refractivity contribution is 6.52. The van der Waals surface area contributed by atoms with Gasteiger partial charge in [-0.15, -0.1) is 0 Å². The monoisotopic (exact) mass is 394 g/mol. The van der Waals surface area contributed by atoms with E-state index in [2.05, 4.69) is 19.1 Å². The Kier molecular flexibility index (Phi) is 5.23. The summed E-state index contributed by atoms with van der Waals surface area (Å²) in [6, 6.07) is 15.8. The SMILES string of the molecule is CCCCc1ccc(N2C(=O)C(Cl)=C(N3CCc4ccccc4C3)C2=O)cc1. The summed E-state index contributed by atoms with van der Waals surface area (Å²) in [6.45, 7) is 3.42. The Hall–Kier alpha value is -2.59. The summed E-state index contributed by atoms with van der Waals surface area (Å²) in [6.07, 6.45) is 4.08. The molecule has 4 nitrogen and oxygen atoms in total. The molecule has 2 aromatic carbocycles. The molecule has 0 saturated carbocycles. The van der Waals surface area contributed by atoms with E-state index in [-0.39, 0.29) is 10.9 Å². The van der Waals surface area contributed by atoms with E-state index in [0.29, 0.717) is 24.5 Å². The third-order valence-corrected chi connectivity index (χ3v) is 5.81. The fourth-order valence-corrected chi connectivity index (χ4v) is 4.16. The summed E-state index contributed by atoms with van der Waals surface area (Å²) in [5, 5.41) is 0.0134. The molecule has 4 rings (SSSR count). The fourth-order valence-electron chi connectivity index (χ4n) is 3.88. The third-order valence-electron chi connectivity index (χ3n) is 5.46. The Bertz CT molecular complexity index is 949. The number of carbonyl (C=O) groups is 2. The Morgan fingerprint density at radius 3 is 2.39 bits per heavy atom. The highest BCUT2D eigenvalue weighted by Crippen LogP contribution is 2.33. The van der Waals surface area contributed by atoms with Crippen molar-refractivity contribution in [1.29, 1.82) is 0 Å². The van der Waals surface area contributed by atoms with Crippen LogP contribution in [0, 0.1) is 0 Å². The van der Waals surface area contributed by atoms with Crippen LogP contribution in [0.15, 0.2) is 59.3 Å². The van der Waals surface area contributed by atoms with Crippen molar-refractivity contribution < 1.29 is 9.59 Å². The van der Waals surface area contributed by atoms with E-state index < -0.39 is 5.91 Å². The number of unbranched alkanes of at least 4 members (excludes halogenated alkanes) is 1. The predicted octanol–water partition coefficient (Wildman–Crippen LogP) is 4.41. The molecule has 2 aliphatic rings. The predicted molar refractivity (Wildman–Crippen MR) is 111 cm³/mol. The number of halogens is 1. The second kappa shape index (κ2) is 7.80. The van der Waals surface area contributed by atoms with E-state index >= 15 is 0 Å². The fraction of sp³-hybridized carbons (Fsp3) is 0.304. The minimum Gasteiger partial charge on any atom is -0.361 e. The summed E-state index contributed by atoms with van der Waals surface area (Å²) in [7, 11) is 0. The number of hydrogen-bond acceptors (Lipinski definition) is 3. The van der Waals surface area contributed by atoms with E-state index in [1.54, 1.807) is 0 Å². The number of fused-ring (bicyclic) bond motifs is 1. The van der Waals surface area contributed by atoms with Gasteiger partial charge in [0.1, 0.15) is 10.7 Å². The van der Waals surface area contributed by atoms with Crippen LogP contribution in [0.25, 0.3) is 0 Å². The molecule has 28 heavy (non-hydrogen) atoms. The van der Waals surface area contributed by atoms with Crippen molar-refractivity contribution in [2.45, 2.75) is 39.2 Å². The summed E-state index contributed by atoms with van der Waals surface area (Å²) >= 11 is 6.35. The lowest BCUT2D eigenvalue weighted by Gasteiger charge is -2.31. The molecule has 2 heterocycles. The average Bonchev–Trinajstić information content (AvgIpc) is 2.95. The summed E-state index contributed by atoms with van der Waals surface area (Å²) < 4.78 is 0. The average molecular weight is 395 g/mol. The van der Waals surface area contributed by atoms with Gasteiger partial charge in [0.2, 0.25) is 0 Å². The number of amides is 2. The van der Waals surface area contributed by atoms with Crippen molar-refractivity contribution in [3.05, 3.63) is 76.0 Å². The standard InChI is InChI=1S/C23H23ClN2O2/c1-2-3-6-16-9-11-19(12-10-16)26-22(27)20(24)21(23(26)28)25-14-13-17-7-4-5-8-18(17)15-25/h4-5,7-12H,2-3,6,13-15H2,1H3. The Labute approximate surface area is 170 Å². The molecule has 0 aromatic heterocycles. The molecule has 0 radical (unpaired) electrons. The van der Waals surface area contributed by atoms with Gasteiger partial charge in [0.25, 0.3) is 11.8 Å². The minimum absolute atomic E-state index is 0.0134. The van der Waals surface area contributed by atoms with Crippen molar-refractivity contribution in [1.82, 2.24) is 4.90 Å². The van der Waals surface area contributed by atoms with Crippen molar-refractivity contribution in [2.24, 2.45) is 0 Å². The first-order valence-corrected chi connectivity index (χ1v) is 10.2. The van der Waals surface area contributed by atoms with Gasteiger partial charge in [-0.2, -0.15) is 0 Å². The summed E-state index contributed by atoms with van der Waals surface area (Å²) in [5.74, 6) is -0.780. The lowest BCUT2D eigenvalue weighted by molar-refractivity contribution is -0.121. The molecule has 144 valence electrons. The quantitative estimate of drug-likeness (QED) is 0.705. The zero-order chi connectivity index (χ0) is 19.7. The molecule has 2 aromatic rings. The van der Waals surface area contributed by atoms with Crippen LogP contribution in [0.1, 0.15) is 36.5 Å². The largest absolute Gasteiger partial charge is 0.361 e. The zero-order valence-corrected chi connectivity index (χ0v) is 16.7. The van der Waals surface area contributed by atoms with Crippen molar-refractivity contribution in [3.8, 4) is 0 Å². The van der Waals surface area contributed by atoms with Gasteiger partial charge < -0.3 is 4.90 Å². The maximum Gasteiger partial charge on any atom is 0.283 e. The van der Waals surface area contributed by atoms with E-state index in [1.807, 2.05) is 41.3 Å². The lowest BCUT2D eigenvalue weighted by atomic mass is 9.99. The molecular weight excluding hydrogens is 372 g/mol. The van der Waals surface area contributed by atoms with Crippen molar-refractivity contribution in [3.63, 3.8) is 0 Å². The molecule has 0 saturated heterocycles. The van der Waals surface area contributed by atoms with Gasteiger partial charge in [0.05, 0.1) is 5.69 Å². The Morgan fingerprint density at radius 2 is 1.68 bits per heavy atom. The van der Waals surface area contributed by atoms with Crippen LogP contribution >= 0.6 is 11.6 Å². The maximum atomic E-state index is 13.1. The number of carbonyl (C=O) groups excluding carboxylic acids is 2. The minimum atomic E-state index is -0.443. The highest BCUT2D eigenvalue weighted by atomic mass is 35.5. The number of anilines is 1. The number of benzene rings is 2. The zero-order valence-electron chi connectivity index (χ0n) is 16.0. The number of imide groups is 1. The van der Waals surface area contributed by atoms with Gasteiger partial charge in [-0.25, -0.2) is 4.90 Å². The number of rotatable bonds is 5. The Balaban J connectivity index is 1.56. The van der Waals surface area contributed by atoms with E-state index in [1.165, 1.54) is 21.6 Å². The summed E-state index contributed by atoms with van der Waals surface area (Å²) in [5.41, 5.74) is 4.55. The van der Waals surface area contributed by atoms with Crippen LogP contribution in [0.3, 0.4) is 0 Å². The molecule has 0 atom stereocenters. The molecule has 0 bridgehead atoms. The van der Waals surface area contributed by atoms with Crippen LogP contribution in [-0.4, -0.2) is 23.3 Å². The molecule has 2 aliphatic heterocycles.